The molecule has 0 amide bonds. The largest absolute Gasteiger partial charge is 0.487 e. The summed E-state index contributed by atoms with van der Waals surface area (Å²) in [6, 6.07) is 12.4. The minimum absolute atomic E-state index is 0.00935. The number of benzene rings is 2. The van der Waals surface area contributed by atoms with Crippen molar-refractivity contribution in [3.05, 3.63) is 74.9 Å². The number of aromatic nitrogens is 2. The number of aryl methyl sites for hydroxylation is 1. The minimum atomic E-state index is -4.63. The predicted octanol–water partition coefficient (Wildman–Crippen LogP) is 5.92. The molecule has 3 aromatic rings. The van der Waals surface area contributed by atoms with Gasteiger partial charge >= 0.3 is 6.18 Å². The number of hydrogen-bond donors (Lipinski definition) is 0. The average molecular weight is 445 g/mol. The van der Waals surface area contributed by atoms with E-state index in [2.05, 4.69) is 5.10 Å². The summed E-state index contributed by atoms with van der Waals surface area (Å²) in [5.41, 5.74) is 0.208. The monoisotopic (exact) mass is 444 g/mol. The maximum atomic E-state index is 13.4. The molecule has 0 aliphatic rings. The molecule has 29 heavy (non-hydrogen) atoms. The van der Waals surface area contributed by atoms with Crippen molar-refractivity contribution in [2.45, 2.75) is 19.2 Å². The molecule has 154 valence electrons. The Kier molecular flexibility index (Phi) is 6.29. The Balaban J connectivity index is 1.94. The number of ether oxygens (including phenoxy) is 2. The fraction of sp³-hybridized carbons (Fsp3) is 0.250. The maximum Gasteiger partial charge on any atom is 0.435 e. The van der Waals surface area contributed by atoms with Crippen molar-refractivity contribution in [3.8, 4) is 11.6 Å². The summed E-state index contributed by atoms with van der Waals surface area (Å²) in [4.78, 5) is 0. The highest BCUT2D eigenvalue weighted by atomic mass is 35.5. The lowest BCUT2D eigenvalue weighted by molar-refractivity contribution is -0.142. The van der Waals surface area contributed by atoms with Crippen molar-refractivity contribution >= 4 is 23.2 Å². The molecule has 2 aromatic carbocycles. The summed E-state index contributed by atoms with van der Waals surface area (Å²) >= 11 is 12.5. The van der Waals surface area contributed by atoms with E-state index in [0.717, 1.165) is 10.2 Å². The van der Waals surface area contributed by atoms with Crippen molar-refractivity contribution in [1.29, 1.82) is 0 Å². The molecule has 9 heteroatoms. The normalized spacial score (nSPS) is 11.6. The van der Waals surface area contributed by atoms with Crippen molar-refractivity contribution in [2.24, 2.45) is 7.05 Å². The first-order valence-corrected chi connectivity index (χ1v) is 9.28. The number of rotatable bonds is 6. The zero-order valence-corrected chi connectivity index (χ0v) is 17.1. The molecule has 1 heterocycles. The van der Waals surface area contributed by atoms with Crippen molar-refractivity contribution in [3.63, 3.8) is 0 Å². The third-order valence-electron chi connectivity index (χ3n) is 4.26. The van der Waals surface area contributed by atoms with E-state index in [9.17, 15) is 13.2 Å². The van der Waals surface area contributed by atoms with Gasteiger partial charge in [0.2, 0.25) is 5.88 Å². The van der Waals surface area contributed by atoms with Gasteiger partial charge in [0, 0.05) is 18.5 Å². The van der Waals surface area contributed by atoms with Crippen molar-refractivity contribution < 1.29 is 22.6 Å². The molecule has 0 N–H and O–H groups in total. The number of hydrogen-bond acceptors (Lipinski definition) is 3. The van der Waals surface area contributed by atoms with Crippen LogP contribution in [0.2, 0.25) is 10.0 Å². The van der Waals surface area contributed by atoms with Crippen molar-refractivity contribution in [1.82, 2.24) is 9.78 Å². The van der Waals surface area contributed by atoms with Crippen LogP contribution in [-0.2, 0) is 26.3 Å². The SMILES string of the molecule is COc1c(Cc2cc(OCc3ccccc3)c(Cl)cc2Cl)c(C(F)(F)F)nn1C. The van der Waals surface area contributed by atoms with Gasteiger partial charge in [-0.3, -0.25) is 0 Å². The smallest absolute Gasteiger partial charge is 0.435 e. The van der Waals surface area contributed by atoms with E-state index in [-0.39, 0.29) is 34.5 Å². The molecule has 0 fully saturated rings. The highest BCUT2D eigenvalue weighted by Gasteiger charge is 2.39. The van der Waals surface area contributed by atoms with Crippen LogP contribution in [0.3, 0.4) is 0 Å². The third-order valence-corrected chi connectivity index (χ3v) is 4.90. The van der Waals surface area contributed by atoms with Gasteiger partial charge in [-0.2, -0.15) is 18.3 Å². The highest BCUT2D eigenvalue weighted by molar-refractivity contribution is 6.36. The van der Waals surface area contributed by atoms with E-state index in [1.54, 1.807) is 6.07 Å². The van der Waals surface area contributed by atoms with Gasteiger partial charge in [-0.15, -0.1) is 0 Å². The molecule has 0 saturated heterocycles. The van der Waals surface area contributed by atoms with E-state index in [1.165, 1.54) is 20.2 Å². The van der Waals surface area contributed by atoms with Gasteiger partial charge in [-0.1, -0.05) is 53.5 Å². The first kappa shape index (κ1) is 21.3. The second-order valence-electron chi connectivity index (χ2n) is 6.28. The van der Waals surface area contributed by atoms with Crippen LogP contribution >= 0.6 is 23.2 Å². The Morgan fingerprint density at radius 1 is 1.07 bits per heavy atom. The lowest BCUT2D eigenvalue weighted by atomic mass is 10.0. The molecule has 1 aromatic heterocycles. The molecular weight excluding hydrogens is 428 g/mol. The van der Waals surface area contributed by atoms with Crippen LogP contribution < -0.4 is 9.47 Å². The van der Waals surface area contributed by atoms with Crippen LogP contribution in [0.4, 0.5) is 13.2 Å². The van der Waals surface area contributed by atoms with E-state index in [4.69, 9.17) is 32.7 Å². The first-order valence-electron chi connectivity index (χ1n) is 8.52. The lowest BCUT2D eigenvalue weighted by Crippen LogP contribution is -2.10. The van der Waals surface area contributed by atoms with E-state index < -0.39 is 11.9 Å². The standard InChI is InChI=1S/C20H17Cl2F3N2O2/c1-27-19(28-2)14(18(26-27)20(23,24)25)8-13-9-17(16(22)10-15(13)21)29-11-12-6-4-3-5-7-12/h3-7,9-10H,8,11H2,1-2H3. The summed E-state index contributed by atoms with van der Waals surface area (Å²) in [6.45, 7) is 0.256. The van der Waals surface area contributed by atoms with E-state index in [0.29, 0.717) is 11.3 Å². The molecule has 0 spiro atoms. The summed E-state index contributed by atoms with van der Waals surface area (Å²) in [5, 5.41) is 4.05. The molecule has 0 bridgehead atoms. The molecule has 0 atom stereocenters. The summed E-state index contributed by atoms with van der Waals surface area (Å²) in [6.07, 6.45) is -4.78. The number of methoxy groups -OCH3 is 1. The molecule has 0 saturated carbocycles. The Morgan fingerprint density at radius 2 is 1.76 bits per heavy atom. The minimum Gasteiger partial charge on any atom is -0.487 e. The van der Waals surface area contributed by atoms with Gasteiger partial charge < -0.3 is 9.47 Å². The summed E-state index contributed by atoms with van der Waals surface area (Å²) in [5.74, 6) is 0.335. The van der Waals surface area contributed by atoms with Crippen LogP contribution in [0, 0.1) is 0 Å². The van der Waals surface area contributed by atoms with Gasteiger partial charge in [0.05, 0.1) is 17.7 Å². The molecule has 0 unspecified atom stereocenters. The first-order chi connectivity index (χ1) is 13.7. The van der Waals surface area contributed by atoms with Crippen LogP contribution in [0.1, 0.15) is 22.4 Å². The quantitative estimate of drug-likeness (QED) is 0.473. The topological polar surface area (TPSA) is 36.3 Å². The summed E-state index contributed by atoms with van der Waals surface area (Å²) in [7, 11) is 2.67. The highest BCUT2D eigenvalue weighted by Crippen LogP contribution is 2.39. The van der Waals surface area contributed by atoms with Crippen molar-refractivity contribution in [2.75, 3.05) is 7.11 Å². The van der Waals surface area contributed by atoms with E-state index in [1.807, 2.05) is 30.3 Å². The fourth-order valence-corrected chi connectivity index (χ4v) is 3.44. The fourth-order valence-electron chi connectivity index (χ4n) is 2.94. The molecule has 0 aliphatic carbocycles. The van der Waals surface area contributed by atoms with Crippen LogP contribution in [0.15, 0.2) is 42.5 Å². The Hall–Kier alpha value is -2.38. The van der Waals surface area contributed by atoms with Gasteiger partial charge in [0.15, 0.2) is 5.69 Å². The Morgan fingerprint density at radius 3 is 2.38 bits per heavy atom. The molecule has 0 radical (unpaired) electrons. The Bertz CT molecular complexity index is 1010. The second-order valence-corrected chi connectivity index (χ2v) is 7.10. The van der Waals surface area contributed by atoms with Crippen LogP contribution in [0.5, 0.6) is 11.6 Å². The zero-order valence-electron chi connectivity index (χ0n) is 15.6. The molecule has 0 aliphatic heterocycles. The summed E-state index contributed by atoms with van der Waals surface area (Å²) < 4.78 is 52.2. The predicted molar refractivity (Wildman–Crippen MR) is 105 cm³/mol. The number of halogens is 5. The van der Waals surface area contributed by atoms with E-state index >= 15 is 0 Å². The maximum absolute atomic E-state index is 13.4. The average Bonchev–Trinajstić information content (AvgIpc) is 2.99. The van der Waals surface area contributed by atoms with Gasteiger partial charge in [0.1, 0.15) is 12.4 Å². The van der Waals surface area contributed by atoms with Crippen LogP contribution in [0.25, 0.3) is 0 Å². The van der Waals surface area contributed by atoms with Gasteiger partial charge in [0.25, 0.3) is 0 Å². The third kappa shape index (κ3) is 4.79. The molecule has 3 rings (SSSR count). The lowest BCUT2D eigenvalue weighted by Gasteiger charge is -2.13. The van der Waals surface area contributed by atoms with Crippen LogP contribution in [-0.4, -0.2) is 16.9 Å². The van der Waals surface area contributed by atoms with Gasteiger partial charge in [-0.05, 0) is 23.3 Å². The van der Waals surface area contributed by atoms with Gasteiger partial charge in [-0.25, -0.2) is 4.68 Å². The molecule has 4 nitrogen and oxygen atoms in total. The number of alkyl halides is 3. The molecular formula is C20H17Cl2F3N2O2. The second kappa shape index (κ2) is 8.55. The Labute approximate surface area is 175 Å². The number of nitrogens with zero attached hydrogens (tertiary/aromatic N) is 2. The zero-order chi connectivity index (χ0) is 21.2.